The Morgan fingerprint density at radius 1 is 0.656 bits per heavy atom. The molecule has 0 aromatic heterocycles. The van der Waals surface area contributed by atoms with Crippen molar-refractivity contribution in [1.29, 1.82) is 0 Å². The summed E-state index contributed by atoms with van der Waals surface area (Å²) in [7, 11) is 0. The SMILES string of the molecule is OC(C1=CCC(Cl)(Cl)C=C1)(c1ccccc1)C(O)(c1ccc(Cl)cc1)c1ccc(Cl)cc1. The molecule has 0 saturated carbocycles. The summed E-state index contributed by atoms with van der Waals surface area (Å²) < 4.78 is -1.08. The highest BCUT2D eigenvalue weighted by molar-refractivity contribution is 6.50. The van der Waals surface area contributed by atoms with Crippen LogP contribution in [0.4, 0.5) is 0 Å². The Morgan fingerprint density at radius 3 is 1.56 bits per heavy atom. The number of allylic oxidation sites excluding steroid dienone is 2. The number of aliphatic hydroxyl groups is 2. The molecule has 1 aliphatic carbocycles. The van der Waals surface area contributed by atoms with E-state index in [9.17, 15) is 10.2 Å². The molecule has 6 heteroatoms. The molecular weight excluding hydrogens is 486 g/mol. The van der Waals surface area contributed by atoms with E-state index in [0.717, 1.165) is 0 Å². The van der Waals surface area contributed by atoms with Gasteiger partial charge in [-0.05, 0) is 52.6 Å². The minimum Gasteiger partial charge on any atom is -0.377 e. The largest absolute Gasteiger partial charge is 0.377 e. The molecule has 2 N–H and O–H groups in total. The summed E-state index contributed by atoms with van der Waals surface area (Å²) in [4.78, 5) is 0. The standard InChI is InChI=1S/C26H20Cl4O2/c27-22-10-6-19(7-11-22)26(32,20-8-12-23(28)13-9-20)25(31,18-4-2-1-3-5-18)21-14-16-24(29,30)17-15-21/h1-16,31-32H,17H2. The first kappa shape index (κ1) is 23.4. The number of hydrogen-bond acceptors (Lipinski definition) is 2. The van der Waals surface area contributed by atoms with Crippen LogP contribution in [0.1, 0.15) is 23.1 Å². The number of benzene rings is 3. The van der Waals surface area contributed by atoms with Crippen LogP contribution in [0.25, 0.3) is 0 Å². The topological polar surface area (TPSA) is 40.5 Å². The third kappa shape index (κ3) is 4.12. The van der Waals surface area contributed by atoms with E-state index in [1.165, 1.54) is 0 Å². The minimum absolute atomic E-state index is 0.272. The van der Waals surface area contributed by atoms with Crippen LogP contribution in [0, 0.1) is 0 Å². The van der Waals surface area contributed by atoms with Crippen molar-refractivity contribution in [2.45, 2.75) is 22.0 Å². The second-order valence-corrected chi connectivity index (χ2v) is 10.2. The number of hydrogen-bond donors (Lipinski definition) is 2. The van der Waals surface area contributed by atoms with Crippen molar-refractivity contribution >= 4 is 46.4 Å². The summed E-state index contributed by atoms with van der Waals surface area (Å²) in [6.07, 6.45) is 5.30. The number of alkyl halides is 2. The Balaban J connectivity index is 2.04. The molecule has 32 heavy (non-hydrogen) atoms. The lowest BCUT2D eigenvalue weighted by molar-refractivity contribution is -0.113. The fourth-order valence-electron chi connectivity index (χ4n) is 4.09. The normalized spacial score (nSPS) is 17.5. The van der Waals surface area contributed by atoms with E-state index >= 15 is 0 Å². The van der Waals surface area contributed by atoms with Gasteiger partial charge in [0.1, 0.15) is 4.33 Å². The van der Waals surface area contributed by atoms with Crippen LogP contribution < -0.4 is 0 Å². The maximum absolute atomic E-state index is 12.5. The van der Waals surface area contributed by atoms with E-state index in [1.54, 1.807) is 78.9 Å². The van der Waals surface area contributed by atoms with Gasteiger partial charge in [-0.1, -0.05) is 113 Å². The summed E-state index contributed by atoms with van der Waals surface area (Å²) in [6.45, 7) is 0. The average molecular weight is 506 g/mol. The zero-order valence-electron chi connectivity index (χ0n) is 16.9. The van der Waals surface area contributed by atoms with E-state index in [-0.39, 0.29) is 6.42 Å². The molecule has 0 radical (unpaired) electrons. The molecule has 0 saturated heterocycles. The van der Waals surface area contributed by atoms with Gasteiger partial charge < -0.3 is 10.2 Å². The molecule has 164 valence electrons. The summed E-state index contributed by atoms with van der Waals surface area (Å²) >= 11 is 24.8. The highest BCUT2D eigenvalue weighted by Crippen LogP contribution is 2.52. The van der Waals surface area contributed by atoms with Crippen molar-refractivity contribution in [3.63, 3.8) is 0 Å². The summed E-state index contributed by atoms with van der Waals surface area (Å²) in [5.74, 6) is 0. The van der Waals surface area contributed by atoms with Crippen molar-refractivity contribution in [2.75, 3.05) is 0 Å². The molecular formula is C26H20Cl4O2. The molecule has 2 nitrogen and oxygen atoms in total. The number of halogens is 4. The van der Waals surface area contributed by atoms with E-state index < -0.39 is 15.5 Å². The molecule has 0 fully saturated rings. The Kier molecular flexibility index (Phi) is 6.48. The summed E-state index contributed by atoms with van der Waals surface area (Å²) in [5.41, 5.74) is -1.92. The van der Waals surface area contributed by atoms with Gasteiger partial charge in [-0.3, -0.25) is 0 Å². The van der Waals surface area contributed by atoms with Gasteiger partial charge in [-0.25, -0.2) is 0 Å². The lowest BCUT2D eigenvalue weighted by Gasteiger charge is -2.46. The van der Waals surface area contributed by atoms with Gasteiger partial charge in [0.15, 0.2) is 11.2 Å². The molecule has 1 aliphatic rings. The van der Waals surface area contributed by atoms with Crippen molar-refractivity contribution in [2.24, 2.45) is 0 Å². The summed E-state index contributed by atoms with van der Waals surface area (Å²) in [6, 6.07) is 22.5. The smallest absolute Gasteiger partial charge is 0.152 e. The van der Waals surface area contributed by atoms with Gasteiger partial charge in [0, 0.05) is 16.5 Å². The molecule has 0 spiro atoms. The lowest BCUT2D eigenvalue weighted by atomic mass is 9.65. The molecule has 0 aliphatic heterocycles. The second kappa shape index (κ2) is 8.87. The van der Waals surface area contributed by atoms with Crippen LogP contribution in [-0.2, 0) is 11.2 Å². The van der Waals surface area contributed by atoms with E-state index in [2.05, 4.69) is 0 Å². The van der Waals surface area contributed by atoms with E-state index in [1.807, 2.05) is 18.2 Å². The molecule has 1 unspecified atom stereocenters. The van der Waals surface area contributed by atoms with Crippen LogP contribution in [0.15, 0.2) is 103 Å². The lowest BCUT2D eigenvalue weighted by Crippen LogP contribution is -2.51. The number of rotatable bonds is 5. The summed E-state index contributed by atoms with van der Waals surface area (Å²) in [5, 5.41) is 26.1. The molecule has 0 amide bonds. The van der Waals surface area contributed by atoms with Crippen LogP contribution >= 0.6 is 46.4 Å². The zero-order valence-corrected chi connectivity index (χ0v) is 19.9. The third-order valence-corrected chi connectivity index (χ3v) is 6.82. The zero-order chi connectivity index (χ0) is 23.0. The minimum atomic E-state index is -1.90. The second-order valence-electron chi connectivity index (χ2n) is 7.76. The Hall–Kier alpha value is -1.78. The molecule has 3 aromatic carbocycles. The molecule has 4 rings (SSSR count). The first-order chi connectivity index (χ1) is 15.2. The average Bonchev–Trinajstić information content (AvgIpc) is 2.79. The van der Waals surface area contributed by atoms with E-state index in [0.29, 0.717) is 32.3 Å². The first-order valence-corrected chi connectivity index (χ1v) is 11.5. The van der Waals surface area contributed by atoms with Crippen LogP contribution in [-0.4, -0.2) is 14.5 Å². The van der Waals surface area contributed by atoms with Gasteiger partial charge >= 0.3 is 0 Å². The van der Waals surface area contributed by atoms with Crippen molar-refractivity contribution in [3.8, 4) is 0 Å². The highest BCUT2D eigenvalue weighted by Gasteiger charge is 2.55. The fourth-order valence-corrected chi connectivity index (χ4v) is 4.62. The molecule has 0 heterocycles. The quantitative estimate of drug-likeness (QED) is 0.360. The van der Waals surface area contributed by atoms with Gasteiger partial charge in [-0.15, -0.1) is 0 Å². The maximum Gasteiger partial charge on any atom is 0.152 e. The molecule has 1 atom stereocenters. The first-order valence-electron chi connectivity index (χ1n) is 9.97. The van der Waals surface area contributed by atoms with Crippen LogP contribution in [0.3, 0.4) is 0 Å². The van der Waals surface area contributed by atoms with Gasteiger partial charge in [-0.2, -0.15) is 0 Å². The van der Waals surface area contributed by atoms with E-state index in [4.69, 9.17) is 46.4 Å². The Labute approximate surface area is 207 Å². The highest BCUT2D eigenvalue weighted by atomic mass is 35.5. The molecule has 3 aromatic rings. The third-order valence-electron chi connectivity index (χ3n) is 5.76. The fraction of sp³-hybridized carbons (Fsp3) is 0.154. The maximum atomic E-state index is 12.5. The predicted octanol–water partition coefficient (Wildman–Crippen LogP) is 7.18. The van der Waals surface area contributed by atoms with Crippen molar-refractivity contribution < 1.29 is 10.2 Å². The monoisotopic (exact) mass is 504 g/mol. The van der Waals surface area contributed by atoms with Gasteiger partial charge in [0.25, 0.3) is 0 Å². The van der Waals surface area contributed by atoms with Gasteiger partial charge in [0.05, 0.1) is 0 Å². The predicted molar refractivity (Wildman–Crippen MR) is 133 cm³/mol. The van der Waals surface area contributed by atoms with Crippen molar-refractivity contribution in [3.05, 3.63) is 129 Å². The van der Waals surface area contributed by atoms with Crippen molar-refractivity contribution in [1.82, 2.24) is 0 Å². The van der Waals surface area contributed by atoms with Gasteiger partial charge in [0.2, 0.25) is 0 Å². The Bertz CT molecular complexity index is 1110. The molecule has 0 bridgehead atoms. The van der Waals surface area contributed by atoms with Crippen LogP contribution in [0.2, 0.25) is 10.0 Å². The van der Waals surface area contributed by atoms with Crippen LogP contribution in [0.5, 0.6) is 0 Å². The Morgan fingerprint density at radius 2 is 1.12 bits per heavy atom.